The van der Waals surface area contributed by atoms with Crippen molar-refractivity contribution in [2.24, 2.45) is 0 Å². The van der Waals surface area contributed by atoms with Crippen molar-refractivity contribution in [2.75, 3.05) is 39.3 Å². The smallest absolute Gasteiger partial charge is 0.273 e. The van der Waals surface area contributed by atoms with Gasteiger partial charge in [-0.05, 0) is 71.8 Å². The highest BCUT2D eigenvalue weighted by molar-refractivity contribution is 5.93. The lowest BCUT2D eigenvalue weighted by atomic mass is 10.1. The molecule has 3 rings (SSSR count). The van der Waals surface area contributed by atoms with E-state index in [-0.39, 0.29) is 30.7 Å². The van der Waals surface area contributed by atoms with Gasteiger partial charge < -0.3 is 15.5 Å². The second-order valence-electron chi connectivity index (χ2n) is 6.61. The lowest BCUT2D eigenvalue weighted by Crippen LogP contribution is -2.31. The predicted molar refractivity (Wildman–Crippen MR) is 103 cm³/mol. The van der Waals surface area contributed by atoms with Crippen LogP contribution in [0.3, 0.4) is 0 Å². The van der Waals surface area contributed by atoms with E-state index >= 15 is 0 Å². The molecule has 0 bridgehead atoms. The molecule has 2 aliphatic rings. The minimum Gasteiger partial charge on any atom is -0.351 e. The van der Waals surface area contributed by atoms with Gasteiger partial charge in [-0.15, -0.1) is 29.9 Å². The van der Waals surface area contributed by atoms with E-state index < -0.39 is 0 Å². The summed E-state index contributed by atoms with van der Waals surface area (Å²) in [5.41, 5.74) is 1.36. The molecular weight excluding hydrogens is 363 g/mol. The highest BCUT2D eigenvalue weighted by Gasteiger charge is 2.22. The Morgan fingerprint density at radius 1 is 1.24 bits per heavy atom. The number of likely N-dealkylation sites (tertiary alicyclic amines) is 1. The molecule has 0 aromatic carbocycles. The molecule has 9 heteroatoms. The standard InChI is InChI=1S/C16H28N6O.2ClH/c1-13-15(19-20-22(13)14-5-8-17-9-6-14)16(23)18-7-4-12-21-10-2-3-11-21;;/h14,17H,2-12H2,1H3,(H,18,23);2*1H. The van der Waals surface area contributed by atoms with E-state index in [2.05, 4.69) is 25.8 Å². The zero-order valence-corrected chi connectivity index (χ0v) is 16.5. The predicted octanol–water partition coefficient (Wildman–Crippen LogP) is 1.57. The van der Waals surface area contributed by atoms with Gasteiger partial charge in [-0.25, -0.2) is 4.68 Å². The number of amides is 1. The second-order valence-corrected chi connectivity index (χ2v) is 6.61. The van der Waals surface area contributed by atoms with Crippen LogP contribution in [0.4, 0.5) is 0 Å². The molecular formula is C16H30Cl2N6O. The Balaban J connectivity index is 0.00000156. The van der Waals surface area contributed by atoms with E-state index in [0.717, 1.165) is 44.6 Å². The SMILES string of the molecule is Cc1c(C(=O)NCCCN2CCCC2)nnn1C1CCNCC1.Cl.Cl. The van der Waals surface area contributed by atoms with Gasteiger partial charge in [0.1, 0.15) is 0 Å². The number of hydrogen-bond acceptors (Lipinski definition) is 5. The monoisotopic (exact) mass is 392 g/mol. The average Bonchev–Trinajstić information content (AvgIpc) is 3.22. The van der Waals surface area contributed by atoms with Gasteiger partial charge in [0.25, 0.3) is 5.91 Å². The normalized spacial score (nSPS) is 18.4. The molecule has 0 saturated carbocycles. The third kappa shape index (κ3) is 5.81. The summed E-state index contributed by atoms with van der Waals surface area (Å²) in [7, 11) is 0. The number of nitrogens with one attached hydrogen (secondary N) is 2. The van der Waals surface area contributed by atoms with Crippen LogP contribution < -0.4 is 10.6 Å². The fraction of sp³-hybridized carbons (Fsp3) is 0.812. The summed E-state index contributed by atoms with van der Waals surface area (Å²) in [5.74, 6) is -0.0934. The van der Waals surface area contributed by atoms with Gasteiger partial charge in [0, 0.05) is 6.54 Å². The second kappa shape index (κ2) is 11.0. The topological polar surface area (TPSA) is 75.1 Å². The third-order valence-corrected chi connectivity index (χ3v) is 4.93. The molecule has 1 aromatic heterocycles. The quantitative estimate of drug-likeness (QED) is 0.718. The molecule has 0 atom stereocenters. The maximum atomic E-state index is 12.3. The van der Waals surface area contributed by atoms with Crippen LogP contribution in [0.2, 0.25) is 0 Å². The molecule has 1 aromatic rings. The van der Waals surface area contributed by atoms with E-state index in [1.807, 2.05) is 11.6 Å². The van der Waals surface area contributed by atoms with E-state index in [4.69, 9.17) is 0 Å². The summed E-state index contributed by atoms with van der Waals surface area (Å²) >= 11 is 0. The largest absolute Gasteiger partial charge is 0.351 e. The highest BCUT2D eigenvalue weighted by atomic mass is 35.5. The van der Waals surface area contributed by atoms with Gasteiger partial charge in [-0.3, -0.25) is 4.79 Å². The van der Waals surface area contributed by atoms with Gasteiger partial charge in [0.05, 0.1) is 11.7 Å². The number of halogens is 2. The summed E-state index contributed by atoms with van der Waals surface area (Å²) < 4.78 is 1.93. The summed E-state index contributed by atoms with van der Waals surface area (Å²) in [6.45, 7) is 8.14. The zero-order valence-electron chi connectivity index (χ0n) is 14.9. The molecule has 2 N–H and O–H groups in total. The fourth-order valence-electron chi connectivity index (χ4n) is 3.54. The third-order valence-electron chi connectivity index (χ3n) is 4.93. The molecule has 1 amide bonds. The molecule has 0 unspecified atom stereocenters. The molecule has 0 aliphatic carbocycles. The molecule has 7 nitrogen and oxygen atoms in total. The van der Waals surface area contributed by atoms with Crippen LogP contribution in [0.15, 0.2) is 0 Å². The van der Waals surface area contributed by atoms with Gasteiger partial charge in [-0.2, -0.15) is 0 Å². The maximum absolute atomic E-state index is 12.3. The summed E-state index contributed by atoms with van der Waals surface area (Å²) in [5, 5.41) is 14.7. The zero-order chi connectivity index (χ0) is 16.1. The Bertz CT molecular complexity index is 527. The van der Waals surface area contributed by atoms with E-state index in [1.165, 1.54) is 25.9 Å². The van der Waals surface area contributed by atoms with Gasteiger partial charge >= 0.3 is 0 Å². The number of nitrogens with zero attached hydrogens (tertiary/aromatic N) is 4. The Kier molecular flexibility index (Phi) is 9.71. The lowest BCUT2D eigenvalue weighted by molar-refractivity contribution is 0.0946. The Hall–Kier alpha value is -0.890. The number of rotatable bonds is 6. The molecule has 144 valence electrons. The van der Waals surface area contributed by atoms with Gasteiger partial charge in [0.2, 0.25) is 0 Å². The van der Waals surface area contributed by atoms with Crippen molar-refractivity contribution in [2.45, 2.75) is 45.1 Å². The number of carbonyl (C=O) groups excluding carboxylic acids is 1. The van der Waals surface area contributed by atoms with Crippen molar-refractivity contribution in [3.05, 3.63) is 11.4 Å². The average molecular weight is 393 g/mol. The van der Waals surface area contributed by atoms with Crippen molar-refractivity contribution in [3.8, 4) is 0 Å². The summed E-state index contributed by atoms with van der Waals surface area (Å²) in [4.78, 5) is 14.8. The number of hydrogen-bond donors (Lipinski definition) is 2. The fourth-order valence-corrected chi connectivity index (χ4v) is 3.54. The summed E-state index contributed by atoms with van der Waals surface area (Å²) in [6.07, 6.45) is 5.70. The lowest BCUT2D eigenvalue weighted by Gasteiger charge is -2.23. The molecule has 2 saturated heterocycles. The molecule has 0 radical (unpaired) electrons. The number of carbonyl (C=O) groups is 1. The first-order valence-corrected chi connectivity index (χ1v) is 8.89. The summed E-state index contributed by atoms with van der Waals surface area (Å²) in [6, 6.07) is 0.362. The van der Waals surface area contributed by atoms with Crippen molar-refractivity contribution in [1.82, 2.24) is 30.5 Å². The van der Waals surface area contributed by atoms with Crippen LogP contribution >= 0.6 is 24.8 Å². The number of aromatic nitrogens is 3. The highest BCUT2D eigenvalue weighted by Crippen LogP contribution is 2.20. The van der Waals surface area contributed by atoms with Crippen LogP contribution in [0.5, 0.6) is 0 Å². The number of piperidine rings is 1. The minimum absolute atomic E-state index is 0. The molecule has 2 fully saturated rings. The first-order valence-electron chi connectivity index (χ1n) is 8.89. The molecule has 3 heterocycles. The van der Waals surface area contributed by atoms with Crippen LogP contribution in [0, 0.1) is 6.92 Å². The van der Waals surface area contributed by atoms with Crippen LogP contribution in [0.1, 0.15) is 54.3 Å². The van der Waals surface area contributed by atoms with E-state index in [1.54, 1.807) is 0 Å². The van der Waals surface area contributed by atoms with Crippen molar-refractivity contribution in [1.29, 1.82) is 0 Å². The van der Waals surface area contributed by atoms with Crippen molar-refractivity contribution < 1.29 is 4.79 Å². The Morgan fingerprint density at radius 2 is 1.92 bits per heavy atom. The minimum atomic E-state index is -0.0934. The van der Waals surface area contributed by atoms with E-state index in [9.17, 15) is 4.79 Å². The first kappa shape index (κ1) is 22.2. The maximum Gasteiger partial charge on any atom is 0.273 e. The molecule has 25 heavy (non-hydrogen) atoms. The van der Waals surface area contributed by atoms with Crippen LogP contribution in [-0.4, -0.2) is 65.1 Å². The Morgan fingerprint density at radius 3 is 2.60 bits per heavy atom. The van der Waals surface area contributed by atoms with Crippen LogP contribution in [0.25, 0.3) is 0 Å². The first-order chi connectivity index (χ1) is 11.3. The van der Waals surface area contributed by atoms with Gasteiger partial charge in [-0.1, -0.05) is 5.21 Å². The molecule has 0 spiro atoms. The van der Waals surface area contributed by atoms with Crippen LogP contribution in [-0.2, 0) is 0 Å². The molecule has 2 aliphatic heterocycles. The van der Waals surface area contributed by atoms with Crippen molar-refractivity contribution in [3.63, 3.8) is 0 Å². The Labute approximate surface area is 162 Å². The van der Waals surface area contributed by atoms with Crippen molar-refractivity contribution >= 4 is 30.7 Å². The van der Waals surface area contributed by atoms with Gasteiger partial charge in [0.15, 0.2) is 5.69 Å². The van der Waals surface area contributed by atoms with E-state index in [0.29, 0.717) is 18.3 Å².